The molecule has 0 bridgehead atoms. The van der Waals surface area contributed by atoms with Gasteiger partial charge in [-0.1, -0.05) is 94.9 Å². The molecule has 4 aromatic heterocycles. The van der Waals surface area contributed by atoms with Gasteiger partial charge < -0.3 is 9.55 Å². The number of nitrogens with zero attached hydrogens (tertiary/aromatic N) is 5. The zero-order valence-electron chi connectivity index (χ0n) is 29.7. The third kappa shape index (κ3) is 7.70. The molecule has 1 N–H and O–H groups in total. The molecular weight excluding hydrogens is 754 g/mol. The van der Waals surface area contributed by atoms with Crippen LogP contribution in [0.2, 0.25) is 20.1 Å². The van der Waals surface area contributed by atoms with E-state index in [1.54, 1.807) is 24.8 Å². The fraction of sp³-hybridized carbons (Fsp3) is 0.0909. The second kappa shape index (κ2) is 16.4. The minimum Gasteiger partial charge on any atom is -0.337 e. The molecular formula is C44H34Cl4N6. The summed E-state index contributed by atoms with van der Waals surface area (Å²) in [7, 11) is 0. The molecule has 0 saturated heterocycles. The standard InChI is InChI=1S/C23H19Cl2N3.C21H15Cl2N3/c1-3-28-22(17-7-9-18(24)10-8-17)21(16-11-13-26-14-12-16)27-23(28)20-15(2)5-4-6-19(20)25;1-13-3-2-4-17(23)18(13)21-25-19(14-5-7-16(22)8-6-14)20(26-21)15-9-11-24-12-10-15/h4-14H,3H2,1-2H3;2-12H,1H3,(H,25,26). The quantitative estimate of drug-likeness (QED) is 0.175. The van der Waals surface area contributed by atoms with Gasteiger partial charge in [0.05, 0.1) is 32.8 Å². The van der Waals surface area contributed by atoms with Gasteiger partial charge in [0.1, 0.15) is 11.6 Å². The number of hydrogen-bond donors (Lipinski definition) is 1. The van der Waals surface area contributed by atoms with Crippen molar-refractivity contribution in [2.45, 2.75) is 27.3 Å². The minimum atomic E-state index is 0.669. The maximum absolute atomic E-state index is 6.59. The molecule has 0 unspecified atom stereocenters. The Morgan fingerprint density at radius 3 is 1.57 bits per heavy atom. The van der Waals surface area contributed by atoms with Crippen molar-refractivity contribution in [3.63, 3.8) is 0 Å². The molecule has 8 aromatic rings. The lowest BCUT2D eigenvalue weighted by molar-refractivity contribution is 0.777. The van der Waals surface area contributed by atoms with Crippen LogP contribution in [0.1, 0.15) is 18.1 Å². The van der Waals surface area contributed by atoms with Crippen LogP contribution in [-0.2, 0) is 6.54 Å². The van der Waals surface area contributed by atoms with Gasteiger partial charge in [0, 0.05) is 74.8 Å². The summed E-state index contributed by atoms with van der Waals surface area (Å²) < 4.78 is 2.22. The van der Waals surface area contributed by atoms with Crippen LogP contribution >= 0.6 is 46.4 Å². The van der Waals surface area contributed by atoms with E-state index in [0.717, 1.165) is 85.5 Å². The van der Waals surface area contributed by atoms with Crippen molar-refractivity contribution in [2.24, 2.45) is 0 Å². The molecule has 54 heavy (non-hydrogen) atoms. The van der Waals surface area contributed by atoms with Gasteiger partial charge in [0.15, 0.2) is 0 Å². The number of nitrogens with one attached hydrogen (secondary N) is 1. The first-order chi connectivity index (χ1) is 26.2. The van der Waals surface area contributed by atoms with Gasteiger partial charge >= 0.3 is 0 Å². The Balaban J connectivity index is 0.000000167. The number of rotatable bonds is 7. The molecule has 10 heteroatoms. The Morgan fingerprint density at radius 1 is 0.537 bits per heavy atom. The van der Waals surface area contributed by atoms with E-state index in [9.17, 15) is 0 Å². The first kappa shape index (κ1) is 37.1. The summed E-state index contributed by atoms with van der Waals surface area (Å²) in [6.07, 6.45) is 7.10. The Labute approximate surface area is 334 Å². The number of pyridine rings is 2. The second-order valence-corrected chi connectivity index (χ2v) is 14.2. The van der Waals surface area contributed by atoms with Crippen LogP contribution in [-0.4, -0.2) is 29.5 Å². The second-order valence-electron chi connectivity index (χ2n) is 12.5. The zero-order chi connectivity index (χ0) is 37.8. The van der Waals surface area contributed by atoms with Gasteiger partial charge in [-0.3, -0.25) is 9.97 Å². The number of imidazole rings is 2. The van der Waals surface area contributed by atoms with Crippen LogP contribution < -0.4 is 0 Å². The zero-order valence-corrected chi connectivity index (χ0v) is 32.7. The molecule has 0 spiro atoms. The first-order valence-electron chi connectivity index (χ1n) is 17.3. The van der Waals surface area contributed by atoms with Crippen molar-refractivity contribution in [1.82, 2.24) is 29.5 Å². The van der Waals surface area contributed by atoms with Gasteiger partial charge in [-0.2, -0.15) is 0 Å². The van der Waals surface area contributed by atoms with Crippen LogP contribution in [0.4, 0.5) is 0 Å². The molecule has 4 aromatic carbocycles. The van der Waals surface area contributed by atoms with E-state index < -0.39 is 0 Å². The molecule has 8 rings (SSSR count). The molecule has 0 aliphatic carbocycles. The Hall–Kier alpha value is -5.24. The number of aromatic nitrogens is 6. The molecule has 6 nitrogen and oxygen atoms in total. The van der Waals surface area contributed by atoms with Gasteiger partial charge in [-0.05, 0) is 92.6 Å². The molecule has 0 aliphatic rings. The van der Waals surface area contributed by atoms with Crippen molar-refractivity contribution in [3.8, 4) is 67.8 Å². The summed E-state index contributed by atoms with van der Waals surface area (Å²) in [4.78, 5) is 21.6. The number of aryl methyl sites for hydroxylation is 2. The topological polar surface area (TPSA) is 72.3 Å². The summed E-state index contributed by atoms with van der Waals surface area (Å²) in [5.41, 5.74) is 11.8. The van der Waals surface area contributed by atoms with E-state index in [-0.39, 0.29) is 0 Å². The number of hydrogen-bond acceptors (Lipinski definition) is 4. The summed E-state index contributed by atoms with van der Waals surface area (Å²) in [6, 6.07) is 35.2. The fourth-order valence-corrected chi connectivity index (χ4v) is 7.32. The van der Waals surface area contributed by atoms with Crippen LogP contribution in [0.25, 0.3) is 67.8 Å². The number of halogens is 4. The lowest BCUT2D eigenvalue weighted by Crippen LogP contribution is -2.01. The van der Waals surface area contributed by atoms with E-state index in [0.29, 0.717) is 20.1 Å². The van der Waals surface area contributed by atoms with Crippen LogP contribution in [0, 0.1) is 13.8 Å². The summed E-state index contributed by atoms with van der Waals surface area (Å²) in [6.45, 7) is 6.96. The maximum atomic E-state index is 6.59. The predicted molar refractivity (Wildman–Crippen MR) is 224 cm³/mol. The highest BCUT2D eigenvalue weighted by Gasteiger charge is 2.23. The SMILES string of the molecule is CCn1c(-c2c(C)cccc2Cl)nc(-c2ccncc2)c1-c1ccc(Cl)cc1.Cc1cccc(Cl)c1-c1nc(-c2ccc(Cl)cc2)c(-c2ccncc2)[nH]1. The van der Waals surface area contributed by atoms with Crippen molar-refractivity contribution in [2.75, 3.05) is 0 Å². The highest BCUT2D eigenvalue weighted by Crippen LogP contribution is 2.40. The Morgan fingerprint density at radius 2 is 1.04 bits per heavy atom. The summed E-state index contributed by atoms with van der Waals surface area (Å²) >= 11 is 25.2. The van der Waals surface area contributed by atoms with Crippen LogP contribution in [0.5, 0.6) is 0 Å². The lowest BCUT2D eigenvalue weighted by atomic mass is 10.1. The molecule has 0 atom stereocenters. The lowest BCUT2D eigenvalue weighted by Gasteiger charge is -2.13. The van der Waals surface area contributed by atoms with Gasteiger partial charge in [0.25, 0.3) is 0 Å². The van der Waals surface area contributed by atoms with E-state index >= 15 is 0 Å². The molecule has 0 saturated carbocycles. The van der Waals surface area contributed by atoms with E-state index in [1.165, 1.54) is 0 Å². The van der Waals surface area contributed by atoms with E-state index in [1.807, 2.05) is 110 Å². The largest absolute Gasteiger partial charge is 0.337 e. The third-order valence-corrected chi connectivity index (χ3v) is 10.2. The molecule has 0 radical (unpaired) electrons. The average Bonchev–Trinajstić information content (AvgIpc) is 3.79. The molecule has 0 aliphatic heterocycles. The smallest absolute Gasteiger partial charge is 0.142 e. The Kier molecular flexibility index (Phi) is 11.3. The monoisotopic (exact) mass is 786 g/mol. The Bertz CT molecular complexity index is 2490. The molecule has 268 valence electrons. The summed E-state index contributed by atoms with van der Waals surface area (Å²) in [5.74, 6) is 1.60. The van der Waals surface area contributed by atoms with Gasteiger partial charge in [-0.25, -0.2) is 9.97 Å². The average molecular weight is 789 g/mol. The highest BCUT2D eigenvalue weighted by atomic mass is 35.5. The van der Waals surface area contributed by atoms with Crippen molar-refractivity contribution >= 4 is 46.4 Å². The normalized spacial score (nSPS) is 10.9. The number of benzene rings is 4. The molecule has 4 heterocycles. The molecule has 0 fully saturated rings. The first-order valence-corrected chi connectivity index (χ1v) is 18.8. The van der Waals surface area contributed by atoms with Gasteiger partial charge in [0.2, 0.25) is 0 Å². The molecule has 0 amide bonds. The van der Waals surface area contributed by atoms with Gasteiger partial charge in [-0.15, -0.1) is 0 Å². The van der Waals surface area contributed by atoms with Crippen molar-refractivity contribution in [1.29, 1.82) is 0 Å². The third-order valence-electron chi connectivity index (χ3n) is 9.05. The fourth-order valence-electron chi connectivity index (χ4n) is 6.45. The predicted octanol–water partition coefficient (Wildman–Crippen LogP) is 13.3. The van der Waals surface area contributed by atoms with Crippen molar-refractivity contribution < 1.29 is 0 Å². The van der Waals surface area contributed by atoms with E-state index in [2.05, 4.69) is 39.4 Å². The maximum Gasteiger partial charge on any atom is 0.142 e. The summed E-state index contributed by atoms with van der Waals surface area (Å²) in [5, 5.41) is 2.77. The van der Waals surface area contributed by atoms with Crippen molar-refractivity contribution in [3.05, 3.63) is 165 Å². The number of H-pyrrole nitrogens is 1. The number of aromatic amines is 1. The van der Waals surface area contributed by atoms with Crippen LogP contribution in [0.3, 0.4) is 0 Å². The highest BCUT2D eigenvalue weighted by molar-refractivity contribution is 6.34. The van der Waals surface area contributed by atoms with Crippen LogP contribution in [0.15, 0.2) is 134 Å². The van der Waals surface area contributed by atoms with E-state index in [4.69, 9.17) is 56.4 Å². The minimum absolute atomic E-state index is 0.669.